The maximum absolute atomic E-state index is 5.74. The standard InChI is InChI=1S/C12H23NO/c1-3-11(12-5-4-8-14-12)13-9(2)10-6-7-10/h9-13H,3-8H2,1-2H3. The van der Waals surface area contributed by atoms with E-state index in [-0.39, 0.29) is 0 Å². The molecule has 3 unspecified atom stereocenters. The van der Waals surface area contributed by atoms with Crippen LogP contribution in [0.25, 0.3) is 0 Å². The molecular weight excluding hydrogens is 174 g/mol. The number of hydrogen-bond acceptors (Lipinski definition) is 2. The summed E-state index contributed by atoms with van der Waals surface area (Å²) in [6.07, 6.45) is 7.04. The van der Waals surface area contributed by atoms with Crippen LogP contribution in [0.15, 0.2) is 0 Å². The van der Waals surface area contributed by atoms with Gasteiger partial charge >= 0.3 is 0 Å². The third kappa shape index (κ3) is 2.48. The molecule has 2 heteroatoms. The van der Waals surface area contributed by atoms with Crippen molar-refractivity contribution >= 4 is 0 Å². The van der Waals surface area contributed by atoms with Gasteiger partial charge in [0.25, 0.3) is 0 Å². The number of rotatable bonds is 5. The van der Waals surface area contributed by atoms with Gasteiger partial charge in [0.2, 0.25) is 0 Å². The molecule has 1 saturated carbocycles. The van der Waals surface area contributed by atoms with Crippen LogP contribution in [-0.4, -0.2) is 24.8 Å². The Labute approximate surface area is 87.4 Å². The summed E-state index contributed by atoms with van der Waals surface area (Å²) in [4.78, 5) is 0. The molecule has 1 aliphatic heterocycles. The molecular formula is C12H23NO. The maximum Gasteiger partial charge on any atom is 0.0728 e. The Hall–Kier alpha value is -0.0800. The van der Waals surface area contributed by atoms with Gasteiger partial charge in [-0.25, -0.2) is 0 Å². The van der Waals surface area contributed by atoms with Gasteiger partial charge in [0.15, 0.2) is 0 Å². The zero-order chi connectivity index (χ0) is 9.97. The molecule has 0 spiro atoms. The number of ether oxygens (including phenoxy) is 1. The minimum atomic E-state index is 0.487. The Morgan fingerprint density at radius 1 is 1.36 bits per heavy atom. The molecule has 14 heavy (non-hydrogen) atoms. The maximum atomic E-state index is 5.74. The van der Waals surface area contributed by atoms with Crippen molar-refractivity contribution in [1.29, 1.82) is 0 Å². The van der Waals surface area contributed by atoms with Crippen molar-refractivity contribution in [2.75, 3.05) is 6.61 Å². The van der Waals surface area contributed by atoms with E-state index in [4.69, 9.17) is 4.74 Å². The average molecular weight is 197 g/mol. The van der Waals surface area contributed by atoms with Crippen molar-refractivity contribution in [2.45, 2.75) is 64.1 Å². The van der Waals surface area contributed by atoms with Crippen molar-refractivity contribution in [3.05, 3.63) is 0 Å². The van der Waals surface area contributed by atoms with Crippen LogP contribution in [0.2, 0.25) is 0 Å². The summed E-state index contributed by atoms with van der Waals surface area (Å²) in [6, 6.07) is 1.29. The first-order chi connectivity index (χ1) is 6.81. The first-order valence-corrected chi connectivity index (χ1v) is 6.19. The van der Waals surface area contributed by atoms with Crippen LogP contribution in [0.5, 0.6) is 0 Å². The molecule has 0 aromatic heterocycles. The highest BCUT2D eigenvalue weighted by atomic mass is 16.5. The van der Waals surface area contributed by atoms with Gasteiger partial charge in [-0.2, -0.15) is 0 Å². The highest BCUT2D eigenvalue weighted by Crippen LogP contribution is 2.33. The van der Waals surface area contributed by atoms with E-state index in [1.807, 2.05) is 0 Å². The van der Waals surface area contributed by atoms with Crippen molar-refractivity contribution in [2.24, 2.45) is 5.92 Å². The number of nitrogens with one attached hydrogen (secondary N) is 1. The highest BCUT2D eigenvalue weighted by Gasteiger charge is 2.32. The molecule has 2 fully saturated rings. The van der Waals surface area contributed by atoms with E-state index in [0.717, 1.165) is 12.5 Å². The Morgan fingerprint density at radius 2 is 2.14 bits per heavy atom. The monoisotopic (exact) mass is 197 g/mol. The lowest BCUT2D eigenvalue weighted by molar-refractivity contribution is 0.0725. The predicted molar refractivity (Wildman–Crippen MR) is 58.4 cm³/mol. The lowest BCUT2D eigenvalue weighted by Crippen LogP contribution is -2.44. The summed E-state index contributed by atoms with van der Waals surface area (Å²) in [7, 11) is 0. The molecule has 2 rings (SSSR count). The van der Waals surface area contributed by atoms with Crippen LogP contribution in [0.4, 0.5) is 0 Å². The Morgan fingerprint density at radius 3 is 2.64 bits per heavy atom. The Balaban J connectivity index is 1.78. The fourth-order valence-electron chi connectivity index (χ4n) is 2.48. The summed E-state index contributed by atoms with van der Waals surface area (Å²) >= 11 is 0. The normalized spacial score (nSPS) is 31.7. The zero-order valence-electron chi connectivity index (χ0n) is 9.46. The Bertz CT molecular complexity index is 173. The summed E-state index contributed by atoms with van der Waals surface area (Å²) < 4.78 is 5.74. The highest BCUT2D eigenvalue weighted by molar-refractivity contribution is 4.88. The summed E-state index contributed by atoms with van der Waals surface area (Å²) in [5.74, 6) is 0.949. The second-order valence-electron chi connectivity index (χ2n) is 4.86. The van der Waals surface area contributed by atoms with E-state index < -0.39 is 0 Å². The van der Waals surface area contributed by atoms with Gasteiger partial charge in [-0.05, 0) is 44.9 Å². The largest absolute Gasteiger partial charge is 0.377 e. The van der Waals surface area contributed by atoms with E-state index in [2.05, 4.69) is 19.2 Å². The summed E-state index contributed by atoms with van der Waals surface area (Å²) in [5.41, 5.74) is 0. The predicted octanol–water partition coefficient (Wildman–Crippen LogP) is 2.33. The SMILES string of the molecule is CCC(NC(C)C1CC1)C1CCCO1. The van der Waals surface area contributed by atoms with Gasteiger partial charge in [0.05, 0.1) is 6.10 Å². The lowest BCUT2D eigenvalue weighted by atomic mass is 10.0. The van der Waals surface area contributed by atoms with Crippen LogP contribution in [0, 0.1) is 5.92 Å². The quantitative estimate of drug-likeness (QED) is 0.730. The fourth-order valence-corrected chi connectivity index (χ4v) is 2.48. The first kappa shape index (κ1) is 10.4. The van der Waals surface area contributed by atoms with Crippen LogP contribution >= 0.6 is 0 Å². The lowest BCUT2D eigenvalue weighted by Gasteiger charge is -2.26. The van der Waals surface area contributed by atoms with Gasteiger partial charge in [-0.15, -0.1) is 0 Å². The molecule has 0 aromatic carbocycles. The molecule has 0 aromatic rings. The van der Waals surface area contributed by atoms with Crippen molar-refractivity contribution in [3.63, 3.8) is 0 Å². The van der Waals surface area contributed by atoms with Gasteiger partial charge in [0.1, 0.15) is 0 Å². The smallest absolute Gasteiger partial charge is 0.0728 e. The minimum Gasteiger partial charge on any atom is -0.377 e. The average Bonchev–Trinajstić information content (AvgIpc) is 2.91. The summed E-state index contributed by atoms with van der Waals surface area (Å²) in [5, 5.41) is 3.75. The minimum absolute atomic E-state index is 0.487. The van der Waals surface area contributed by atoms with E-state index in [1.54, 1.807) is 0 Å². The van der Waals surface area contributed by atoms with E-state index in [0.29, 0.717) is 18.2 Å². The second-order valence-corrected chi connectivity index (χ2v) is 4.86. The molecule has 2 aliphatic rings. The molecule has 2 nitrogen and oxygen atoms in total. The zero-order valence-corrected chi connectivity index (χ0v) is 9.46. The second kappa shape index (κ2) is 4.63. The van der Waals surface area contributed by atoms with Crippen LogP contribution < -0.4 is 5.32 Å². The molecule has 1 heterocycles. The molecule has 1 N–H and O–H groups in total. The van der Waals surface area contributed by atoms with E-state index in [9.17, 15) is 0 Å². The molecule has 0 radical (unpaired) electrons. The van der Waals surface area contributed by atoms with Crippen molar-refractivity contribution < 1.29 is 4.74 Å². The molecule has 0 bridgehead atoms. The summed E-state index contributed by atoms with van der Waals surface area (Å²) in [6.45, 7) is 5.56. The number of hydrogen-bond donors (Lipinski definition) is 1. The van der Waals surface area contributed by atoms with Crippen LogP contribution in [-0.2, 0) is 4.74 Å². The molecule has 82 valence electrons. The fraction of sp³-hybridized carbons (Fsp3) is 1.00. The Kier molecular flexibility index (Phi) is 3.45. The topological polar surface area (TPSA) is 21.3 Å². The molecule has 0 amide bonds. The van der Waals surface area contributed by atoms with Crippen LogP contribution in [0.1, 0.15) is 46.0 Å². The van der Waals surface area contributed by atoms with E-state index in [1.165, 1.54) is 32.1 Å². The molecule has 1 saturated heterocycles. The van der Waals surface area contributed by atoms with E-state index >= 15 is 0 Å². The van der Waals surface area contributed by atoms with Gasteiger partial charge in [-0.3, -0.25) is 0 Å². The van der Waals surface area contributed by atoms with Gasteiger partial charge in [0, 0.05) is 18.7 Å². The van der Waals surface area contributed by atoms with Gasteiger partial charge < -0.3 is 10.1 Å². The molecule has 3 atom stereocenters. The molecule has 1 aliphatic carbocycles. The van der Waals surface area contributed by atoms with Crippen molar-refractivity contribution in [1.82, 2.24) is 5.32 Å². The van der Waals surface area contributed by atoms with Gasteiger partial charge in [-0.1, -0.05) is 6.92 Å². The first-order valence-electron chi connectivity index (χ1n) is 6.19. The third-order valence-corrected chi connectivity index (χ3v) is 3.66. The van der Waals surface area contributed by atoms with Crippen LogP contribution in [0.3, 0.4) is 0 Å². The van der Waals surface area contributed by atoms with Crippen molar-refractivity contribution in [3.8, 4) is 0 Å². The third-order valence-electron chi connectivity index (χ3n) is 3.66.